The minimum absolute atomic E-state index is 0. The van der Waals surface area contributed by atoms with Crippen LogP contribution in [0.5, 0.6) is 46.0 Å². The third-order valence-corrected chi connectivity index (χ3v) is 13.8. The predicted octanol–water partition coefficient (Wildman–Crippen LogP) is 8.78. The molecule has 20 nitrogen and oxygen atoms in total. The Morgan fingerprint density at radius 1 is 0.448 bits per heavy atom. The van der Waals surface area contributed by atoms with Crippen LogP contribution in [0.15, 0.2) is 134 Å². The smallest absolute Gasteiger partial charge is 0.550 e. The van der Waals surface area contributed by atoms with E-state index in [4.69, 9.17) is 28.4 Å². The fourth-order valence-electron chi connectivity index (χ4n) is 8.77. The van der Waals surface area contributed by atoms with Crippen molar-refractivity contribution in [1.82, 2.24) is 9.97 Å². The van der Waals surface area contributed by atoms with Crippen LogP contribution < -0.4 is 59.9 Å². The minimum atomic E-state index is -1.30. The van der Waals surface area contributed by atoms with E-state index in [9.17, 15) is 47.8 Å². The largest absolute Gasteiger partial charge is 2.00 e. The summed E-state index contributed by atoms with van der Waals surface area (Å²) in [6, 6.07) is 27.7. The molecule has 87 heavy (non-hydrogen) atoms. The number of carbonyl (C=O) groups excluding carboxylic acids is 6. The number of nitrogens with zero attached hydrogens (tertiary/aromatic N) is 2. The molecule has 0 saturated heterocycles. The first-order valence-electron chi connectivity index (χ1n) is 26.7. The number of amides is 4. The number of nitrogens with one attached hydrogen (secondary N) is 4. The van der Waals surface area contributed by atoms with Gasteiger partial charge in [0.2, 0.25) is 23.6 Å². The first-order valence-corrected chi connectivity index (χ1v) is 26.7. The first kappa shape index (κ1) is 63.3. The molecule has 8 aromatic rings. The van der Waals surface area contributed by atoms with Gasteiger partial charge in [-0.2, -0.15) is 0 Å². The van der Waals surface area contributed by atoms with Crippen LogP contribution in [0.4, 0.5) is 40.3 Å². The normalized spacial score (nSPS) is 13.0. The summed E-state index contributed by atoms with van der Waals surface area (Å²) >= 11 is 0. The Bertz CT molecular complexity index is 3640. The van der Waals surface area contributed by atoms with E-state index in [1.54, 1.807) is 36.4 Å². The van der Waals surface area contributed by atoms with Crippen molar-refractivity contribution in [2.24, 2.45) is 10.8 Å². The van der Waals surface area contributed by atoms with Crippen LogP contribution in [0.3, 0.4) is 0 Å². The number of carboxylic acid groups (broad SMARTS) is 2. The number of ether oxygens (including phenoxy) is 6. The number of carbonyl (C=O) groups is 6. The van der Waals surface area contributed by atoms with E-state index in [0.717, 1.165) is 12.1 Å². The van der Waals surface area contributed by atoms with Crippen LogP contribution in [0.2, 0.25) is 0 Å². The molecule has 2 aliphatic rings. The molecule has 0 radical (unpaired) electrons. The Kier molecular flexibility index (Phi) is 20.3. The van der Waals surface area contributed by atoms with E-state index in [1.165, 1.54) is 99.4 Å². The topological polar surface area (TPSA) is 278 Å². The Labute approximate surface area is 509 Å². The van der Waals surface area contributed by atoms with Crippen molar-refractivity contribution >= 4 is 103 Å². The van der Waals surface area contributed by atoms with E-state index in [-0.39, 0.29) is 96.3 Å². The van der Waals surface area contributed by atoms with Gasteiger partial charge in [0.15, 0.2) is 46.1 Å². The molecule has 444 valence electrons. The summed E-state index contributed by atoms with van der Waals surface area (Å²) in [6.07, 6.45) is 4.44. The quantitative estimate of drug-likeness (QED) is 0.0190. The number of fused-ring (bicyclic) bond motifs is 2. The molecule has 0 aliphatic heterocycles. The number of aromatic nitrogens is 2. The van der Waals surface area contributed by atoms with Crippen molar-refractivity contribution in [2.45, 2.75) is 51.4 Å². The number of rotatable bonds is 24. The molecule has 2 fully saturated rings. The van der Waals surface area contributed by atoms with Gasteiger partial charge < -0.3 is 69.5 Å². The predicted molar refractivity (Wildman–Crippen MR) is 305 cm³/mol. The molecule has 6 aromatic carbocycles. The van der Waals surface area contributed by atoms with Gasteiger partial charge >= 0.3 is 23.1 Å². The van der Waals surface area contributed by atoms with Gasteiger partial charge in [-0.05, 0) is 148 Å². The SMILES string of the molecule is COc1cc2c(Oc3ccc(NC(=O)C4(C(=O)Nc5ccc(F)cc5)CC4)cc3F)ccnc2cc1OCCCC(=O)[O-].COc1cc2c(Oc3ccc(NC(=O)C4(C(=O)Nc5ccc(F)cc5)CC4)cc3F)ccnc2cc1OCCCC(=O)[O-].[Mg+2]. The third-order valence-electron chi connectivity index (χ3n) is 13.8. The summed E-state index contributed by atoms with van der Waals surface area (Å²) in [6.45, 7) is 0.250. The number of aliphatic carboxylic acids is 2. The summed E-state index contributed by atoms with van der Waals surface area (Å²) < 4.78 is 90.4. The van der Waals surface area contributed by atoms with Gasteiger partial charge in [0.1, 0.15) is 34.0 Å². The summed E-state index contributed by atoms with van der Waals surface area (Å²) in [7, 11) is 2.88. The summed E-state index contributed by atoms with van der Waals surface area (Å²) in [5.41, 5.74) is -0.684. The van der Waals surface area contributed by atoms with Gasteiger partial charge in [0, 0.05) is 82.1 Å². The van der Waals surface area contributed by atoms with Gasteiger partial charge in [-0.25, -0.2) is 17.6 Å². The van der Waals surface area contributed by atoms with E-state index in [2.05, 4.69) is 31.2 Å². The van der Waals surface area contributed by atoms with E-state index in [0.29, 0.717) is 81.9 Å². The molecular formula is C62H52F4MgN6O14. The second-order valence-electron chi connectivity index (χ2n) is 19.8. The average molecular weight is 1210 g/mol. The number of benzene rings is 6. The average Bonchev–Trinajstić information content (AvgIpc) is 1.76. The second-order valence-corrected chi connectivity index (χ2v) is 19.8. The first-order chi connectivity index (χ1) is 41.4. The maximum atomic E-state index is 15.1. The van der Waals surface area contributed by atoms with E-state index in [1.807, 2.05) is 0 Å². The molecule has 2 heterocycles. The van der Waals surface area contributed by atoms with Crippen molar-refractivity contribution in [1.29, 1.82) is 0 Å². The van der Waals surface area contributed by atoms with Crippen molar-refractivity contribution in [2.75, 3.05) is 48.7 Å². The maximum Gasteiger partial charge on any atom is 2.00 e. The Morgan fingerprint density at radius 2 is 0.793 bits per heavy atom. The molecular weight excluding hydrogens is 1150 g/mol. The molecule has 2 aliphatic carbocycles. The van der Waals surface area contributed by atoms with Crippen molar-refractivity contribution in [3.05, 3.63) is 157 Å². The fraction of sp³-hybridized carbons (Fsp3) is 0.226. The Balaban J connectivity index is 0.000000223. The number of hydrogen-bond acceptors (Lipinski definition) is 16. The standard InChI is InChI=1S/2C31H27F2N3O7.Mg/c2*1-41-26-16-21-23(17-27(26)42-14-2-3-28(37)38)34-13-10-24(21)43-25-9-8-20(15-22(25)33)36-30(40)31(11-12-31)29(39)35-19-6-4-18(32)5-7-19;/h2*4-10,13,15-17H,2-3,11-12,14H2,1H3,(H,35,39)(H,36,40)(H,37,38);/q;;+2/p-2. The van der Waals surface area contributed by atoms with Gasteiger partial charge in [-0.15, -0.1) is 0 Å². The number of anilines is 4. The summed E-state index contributed by atoms with van der Waals surface area (Å²) in [5.74, 6) is -5.28. The fourth-order valence-corrected chi connectivity index (χ4v) is 8.77. The zero-order valence-corrected chi connectivity index (χ0v) is 48.0. The monoisotopic (exact) mass is 1200 g/mol. The number of hydrogen-bond donors (Lipinski definition) is 4. The Morgan fingerprint density at radius 3 is 1.11 bits per heavy atom. The van der Waals surface area contributed by atoms with E-state index < -0.39 is 69.7 Å². The van der Waals surface area contributed by atoms with Gasteiger partial charge in [-0.3, -0.25) is 29.1 Å². The van der Waals surface area contributed by atoms with Gasteiger partial charge in [0.05, 0.1) is 38.5 Å². The number of methoxy groups -OCH3 is 2. The van der Waals surface area contributed by atoms with Crippen LogP contribution in [-0.2, 0) is 28.8 Å². The summed E-state index contributed by atoms with van der Waals surface area (Å²) in [5, 5.41) is 32.7. The molecule has 0 atom stereocenters. The Hall–Kier alpha value is -9.75. The molecule has 4 amide bonds. The van der Waals surface area contributed by atoms with Crippen LogP contribution in [0.1, 0.15) is 51.4 Å². The van der Waals surface area contributed by atoms with Gasteiger partial charge in [0.25, 0.3) is 0 Å². The van der Waals surface area contributed by atoms with Crippen molar-refractivity contribution in [3.63, 3.8) is 0 Å². The van der Waals surface area contributed by atoms with E-state index >= 15 is 8.78 Å². The summed E-state index contributed by atoms with van der Waals surface area (Å²) in [4.78, 5) is 81.4. The maximum absolute atomic E-state index is 15.1. The zero-order chi connectivity index (χ0) is 61.1. The molecule has 2 aromatic heterocycles. The molecule has 25 heteroatoms. The molecule has 0 bridgehead atoms. The van der Waals surface area contributed by atoms with Crippen LogP contribution in [0.25, 0.3) is 21.8 Å². The molecule has 4 N–H and O–H groups in total. The number of halogens is 4. The zero-order valence-electron chi connectivity index (χ0n) is 46.6. The molecule has 0 spiro atoms. The minimum Gasteiger partial charge on any atom is -0.550 e. The third kappa shape index (κ3) is 15.6. The van der Waals surface area contributed by atoms with Gasteiger partial charge in [-0.1, -0.05) is 0 Å². The van der Waals surface area contributed by atoms with Crippen LogP contribution >= 0.6 is 0 Å². The molecule has 2 saturated carbocycles. The second kappa shape index (κ2) is 28.0. The van der Waals surface area contributed by atoms with Crippen molar-refractivity contribution < 1.29 is 85.0 Å². The van der Waals surface area contributed by atoms with Crippen LogP contribution in [-0.4, -0.2) is 96.0 Å². The van der Waals surface area contributed by atoms with Crippen molar-refractivity contribution in [3.8, 4) is 46.0 Å². The molecule has 0 unspecified atom stereocenters. The number of carboxylic acids is 2. The van der Waals surface area contributed by atoms with Crippen LogP contribution in [0, 0.1) is 34.1 Å². The number of pyridine rings is 2. The molecule has 10 rings (SSSR count).